The molecule has 12 heteroatoms. The second-order valence-corrected chi connectivity index (χ2v) is 9.18. The van der Waals surface area contributed by atoms with E-state index < -0.39 is 10.0 Å². The summed E-state index contributed by atoms with van der Waals surface area (Å²) < 4.78 is 37.3. The predicted molar refractivity (Wildman–Crippen MR) is 110 cm³/mol. The van der Waals surface area contributed by atoms with E-state index in [0.717, 1.165) is 0 Å². The highest BCUT2D eigenvalue weighted by Gasteiger charge is 2.27. The molecule has 1 aliphatic rings. The van der Waals surface area contributed by atoms with Crippen molar-refractivity contribution in [3.63, 3.8) is 0 Å². The topological polar surface area (TPSA) is 118 Å². The molecule has 0 atom stereocenters. The zero-order valence-corrected chi connectivity index (χ0v) is 18.4. The van der Waals surface area contributed by atoms with Gasteiger partial charge in [0.2, 0.25) is 21.8 Å². The van der Waals surface area contributed by atoms with E-state index in [1.54, 1.807) is 11.9 Å². The van der Waals surface area contributed by atoms with Crippen molar-refractivity contribution in [2.75, 3.05) is 45.2 Å². The van der Waals surface area contributed by atoms with E-state index in [-0.39, 0.29) is 41.1 Å². The summed E-state index contributed by atoms with van der Waals surface area (Å²) in [7, 11) is -1.96. The van der Waals surface area contributed by atoms with E-state index in [1.807, 2.05) is 6.92 Å². The number of rotatable bonds is 8. The lowest BCUT2D eigenvalue weighted by molar-refractivity contribution is -0.117. The van der Waals surface area contributed by atoms with Gasteiger partial charge in [0, 0.05) is 19.5 Å². The fourth-order valence-electron chi connectivity index (χ4n) is 2.92. The lowest BCUT2D eigenvalue weighted by atomic mass is 10.3. The van der Waals surface area contributed by atoms with Gasteiger partial charge in [-0.15, -0.1) is 0 Å². The number of morpholine rings is 1. The van der Waals surface area contributed by atoms with Crippen LogP contribution in [-0.4, -0.2) is 73.6 Å². The van der Waals surface area contributed by atoms with Gasteiger partial charge < -0.3 is 14.6 Å². The smallest absolute Gasteiger partial charge is 0.243 e. The minimum absolute atomic E-state index is 0.0284. The van der Waals surface area contributed by atoms with Gasteiger partial charge in [0.25, 0.3) is 0 Å². The zero-order valence-electron chi connectivity index (χ0n) is 16.8. The van der Waals surface area contributed by atoms with Crippen molar-refractivity contribution in [3.05, 3.63) is 34.9 Å². The molecule has 0 bridgehead atoms. The number of hydrogen-bond acceptors (Lipinski definition) is 8. The van der Waals surface area contributed by atoms with Crippen LogP contribution in [-0.2, 0) is 32.5 Å². The number of ether oxygens (including phenoxy) is 1. The number of carbonyl (C=O) groups excluding carboxylic acids is 1. The first kappa shape index (κ1) is 22.6. The highest BCUT2D eigenvalue weighted by molar-refractivity contribution is 7.89. The second-order valence-electron chi connectivity index (χ2n) is 6.84. The molecule has 30 heavy (non-hydrogen) atoms. The van der Waals surface area contributed by atoms with E-state index >= 15 is 0 Å². The van der Waals surface area contributed by atoms with Gasteiger partial charge in [-0.2, -0.15) is 9.29 Å². The number of nitrogens with one attached hydrogen (secondary N) is 1. The number of sulfonamides is 1. The average Bonchev–Trinajstić information content (AvgIpc) is 3.17. The molecular weight excluding hydrogens is 434 g/mol. The number of likely N-dealkylation sites (N-methyl/N-ethyl adjacent to an activating group) is 1. The van der Waals surface area contributed by atoms with Crippen LogP contribution in [0.25, 0.3) is 0 Å². The monoisotopic (exact) mass is 457 g/mol. The van der Waals surface area contributed by atoms with Crippen LogP contribution in [0.4, 0.5) is 5.69 Å². The van der Waals surface area contributed by atoms with Crippen LogP contribution in [0.2, 0.25) is 5.02 Å². The van der Waals surface area contributed by atoms with Crippen LogP contribution in [0, 0.1) is 0 Å². The summed E-state index contributed by atoms with van der Waals surface area (Å²) in [5.74, 6) is 0.669. The van der Waals surface area contributed by atoms with Crippen molar-refractivity contribution in [1.29, 1.82) is 0 Å². The van der Waals surface area contributed by atoms with Crippen LogP contribution < -0.4 is 5.32 Å². The molecule has 3 rings (SSSR count). The molecule has 1 amide bonds. The molecule has 0 unspecified atom stereocenters. The Morgan fingerprint density at radius 1 is 1.33 bits per heavy atom. The van der Waals surface area contributed by atoms with Crippen LogP contribution in [0.3, 0.4) is 0 Å². The summed E-state index contributed by atoms with van der Waals surface area (Å²) in [5, 5.41) is 6.74. The molecule has 0 spiro atoms. The number of amides is 1. The first-order chi connectivity index (χ1) is 14.3. The van der Waals surface area contributed by atoms with Crippen LogP contribution in [0.5, 0.6) is 0 Å². The maximum absolute atomic E-state index is 12.8. The predicted octanol–water partition coefficient (Wildman–Crippen LogP) is 1.38. The molecule has 1 saturated heterocycles. The third-order valence-corrected chi connectivity index (χ3v) is 6.69. The van der Waals surface area contributed by atoms with Gasteiger partial charge >= 0.3 is 0 Å². The Labute approximate surface area is 180 Å². The number of benzene rings is 1. The fraction of sp³-hybridized carbons (Fsp3) is 0.500. The Morgan fingerprint density at radius 2 is 2.07 bits per heavy atom. The van der Waals surface area contributed by atoms with Crippen LogP contribution in [0.15, 0.2) is 27.6 Å². The zero-order chi connectivity index (χ0) is 21.7. The van der Waals surface area contributed by atoms with Crippen LogP contribution in [0.1, 0.15) is 18.6 Å². The molecule has 2 aromatic rings. The molecule has 164 valence electrons. The van der Waals surface area contributed by atoms with Gasteiger partial charge in [-0.05, 0) is 25.2 Å². The summed E-state index contributed by atoms with van der Waals surface area (Å²) in [6.07, 6.45) is 0.663. The number of anilines is 1. The summed E-state index contributed by atoms with van der Waals surface area (Å²) in [5.41, 5.74) is 0.232. The van der Waals surface area contributed by atoms with E-state index in [4.69, 9.17) is 20.9 Å². The average molecular weight is 458 g/mol. The van der Waals surface area contributed by atoms with Crippen molar-refractivity contribution in [2.24, 2.45) is 0 Å². The number of nitrogens with zero attached hydrogens (tertiary/aromatic N) is 4. The van der Waals surface area contributed by atoms with Crippen molar-refractivity contribution >= 4 is 33.2 Å². The van der Waals surface area contributed by atoms with Crippen molar-refractivity contribution in [2.45, 2.75) is 24.8 Å². The summed E-state index contributed by atoms with van der Waals surface area (Å²) in [6.45, 7) is 3.52. The first-order valence-corrected chi connectivity index (χ1v) is 11.3. The Balaban J connectivity index is 1.65. The largest absolute Gasteiger partial charge is 0.379 e. The Morgan fingerprint density at radius 3 is 2.73 bits per heavy atom. The van der Waals surface area contributed by atoms with E-state index in [9.17, 15) is 13.2 Å². The summed E-state index contributed by atoms with van der Waals surface area (Å²) >= 11 is 6.17. The van der Waals surface area contributed by atoms with Gasteiger partial charge in [-0.1, -0.05) is 23.7 Å². The molecule has 1 N–H and O–H groups in total. The Kier molecular flexibility index (Phi) is 7.42. The van der Waals surface area contributed by atoms with Gasteiger partial charge in [0.15, 0.2) is 5.82 Å². The highest BCUT2D eigenvalue weighted by Crippen LogP contribution is 2.27. The van der Waals surface area contributed by atoms with E-state index in [1.165, 1.54) is 22.5 Å². The van der Waals surface area contributed by atoms with Gasteiger partial charge in [0.1, 0.15) is 0 Å². The quantitative estimate of drug-likeness (QED) is 0.631. The van der Waals surface area contributed by atoms with Gasteiger partial charge in [-0.25, -0.2) is 8.42 Å². The molecule has 1 aromatic heterocycles. The minimum atomic E-state index is -3.70. The number of aryl methyl sites for hydroxylation is 1. The van der Waals surface area contributed by atoms with Crippen LogP contribution >= 0.6 is 11.6 Å². The standard InChI is InChI=1S/C18H24ClN5O5S/c1-3-16-21-18(29-22-16)12-23(2)11-17(25)20-15-10-13(4-5-14(15)19)30(26,27)24-6-8-28-9-7-24/h4-5,10H,3,6-9,11-12H2,1-2H3,(H,20,25). The summed E-state index contributed by atoms with van der Waals surface area (Å²) in [4.78, 5) is 18.4. The van der Waals surface area contributed by atoms with Crippen molar-refractivity contribution < 1.29 is 22.5 Å². The lowest BCUT2D eigenvalue weighted by Crippen LogP contribution is -2.40. The maximum atomic E-state index is 12.8. The minimum Gasteiger partial charge on any atom is -0.379 e. The number of hydrogen-bond donors (Lipinski definition) is 1. The number of aromatic nitrogens is 2. The molecule has 0 saturated carbocycles. The SMILES string of the molecule is CCc1noc(CN(C)CC(=O)Nc2cc(S(=O)(=O)N3CCOCC3)ccc2Cl)n1. The Hall–Kier alpha value is -2.05. The molecule has 2 heterocycles. The van der Waals surface area contributed by atoms with Crippen molar-refractivity contribution in [1.82, 2.24) is 19.3 Å². The fourth-order valence-corrected chi connectivity index (χ4v) is 4.52. The second kappa shape index (κ2) is 9.84. The molecule has 0 aliphatic carbocycles. The third kappa shape index (κ3) is 5.55. The normalized spacial score (nSPS) is 15.5. The third-order valence-electron chi connectivity index (χ3n) is 4.46. The van der Waals surface area contributed by atoms with Crippen molar-refractivity contribution in [3.8, 4) is 0 Å². The summed E-state index contributed by atoms with van der Waals surface area (Å²) in [6, 6.07) is 4.26. The van der Waals surface area contributed by atoms with Gasteiger partial charge in [-0.3, -0.25) is 9.69 Å². The first-order valence-electron chi connectivity index (χ1n) is 9.47. The Bertz CT molecular complexity index is 991. The molecule has 0 radical (unpaired) electrons. The van der Waals surface area contributed by atoms with E-state index in [0.29, 0.717) is 37.9 Å². The molecule has 1 aliphatic heterocycles. The molecular formula is C18H24ClN5O5S. The number of carbonyl (C=O) groups is 1. The lowest BCUT2D eigenvalue weighted by Gasteiger charge is -2.26. The molecule has 1 aromatic carbocycles. The molecule has 10 nitrogen and oxygen atoms in total. The maximum Gasteiger partial charge on any atom is 0.243 e. The highest BCUT2D eigenvalue weighted by atomic mass is 35.5. The number of halogens is 1. The molecule has 1 fully saturated rings. The van der Waals surface area contributed by atoms with Gasteiger partial charge in [0.05, 0.1) is 41.9 Å². The van der Waals surface area contributed by atoms with E-state index in [2.05, 4.69) is 15.5 Å².